The molecule has 1 aromatic heterocycles. The Labute approximate surface area is 116 Å². The Morgan fingerprint density at radius 3 is 2.84 bits per heavy atom. The van der Waals surface area contributed by atoms with Crippen molar-refractivity contribution >= 4 is 0 Å². The van der Waals surface area contributed by atoms with Crippen LogP contribution in [-0.4, -0.2) is 49.6 Å². The summed E-state index contributed by atoms with van der Waals surface area (Å²) in [4.78, 5) is 4.83. The van der Waals surface area contributed by atoms with E-state index in [0.717, 1.165) is 44.4 Å². The lowest BCUT2D eigenvalue weighted by atomic mass is 10.1. The Balaban J connectivity index is 1.86. The summed E-state index contributed by atoms with van der Waals surface area (Å²) in [7, 11) is 4.35. The Morgan fingerprint density at radius 1 is 1.42 bits per heavy atom. The highest BCUT2D eigenvalue weighted by Crippen LogP contribution is 2.22. The fraction of sp³-hybridized carbons (Fsp3) is 0.733. The summed E-state index contributed by atoms with van der Waals surface area (Å²) in [6.07, 6.45) is 1.88. The molecule has 4 heteroatoms. The number of hydrogen-bond acceptors (Lipinski definition) is 4. The molecule has 108 valence electrons. The highest BCUT2D eigenvalue weighted by Gasteiger charge is 2.31. The van der Waals surface area contributed by atoms with Crippen molar-refractivity contribution in [2.45, 2.75) is 33.0 Å². The third kappa shape index (κ3) is 3.81. The first kappa shape index (κ1) is 14.6. The summed E-state index contributed by atoms with van der Waals surface area (Å²) in [6.45, 7) is 9.58. The van der Waals surface area contributed by atoms with Gasteiger partial charge in [-0.3, -0.25) is 4.90 Å². The van der Waals surface area contributed by atoms with Gasteiger partial charge in [-0.25, -0.2) is 0 Å². The van der Waals surface area contributed by atoms with E-state index < -0.39 is 0 Å². The maximum absolute atomic E-state index is 5.66. The van der Waals surface area contributed by atoms with Crippen LogP contribution in [0.2, 0.25) is 0 Å². The Kier molecular flexibility index (Phi) is 5.02. The fourth-order valence-electron chi connectivity index (χ4n) is 2.94. The molecule has 4 nitrogen and oxygen atoms in total. The zero-order valence-electron chi connectivity index (χ0n) is 12.6. The second kappa shape index (κ2) is 6.55. The van der Waals surface area contributed by atoms with Gasteiger partial charge in [-0.2, -0.15) is 0 Å². The van der Waals surface area contributed by atoms with Crippen molar-refractivity contribution < 1.29 is 4.42 Å². The molecule has 2 unspecified atom stereocenters. The summed E-state index contributed by atoms with van der Waals surface area (Å²) in [5, 5.41) is 3.32. The van der Waals surface area contributed by atoms with Crippen LogP contribution < -0.4 is 5.32 Å². The number of furan rings is 1. The predicted molar refractivity (Wildman–Crippen MR) is 78.0 cm³/mol. The van der Waals surface area contributed by atoms with Gasteiger partial charge in [-0.15, -0.1) is 0 Å². The van der Waals surface area contributed by atoms with E-state index in [-0.39, 0.29) is 0 Å². The first-order valence-electron chi connectivity index (χ1n) is 7.26. The van der Waals surface area contributed by atoms with Gasteiger partial charge in [-0.05, 0) is 32.6 Å². The second-order valence-electron chi connectivity index (χ2n) is 5.90. The third-order valence-electron chi connectivity index (χ3n) is 3.98. The lowest BCUT2D eigenvalue weighted by Gasteiger charge is -2.22. The molecular weight excluding hydrogens is 238 g/mol. The van der Waals surface area contributed by atoms with E-state index in [4.69, 9.17) is 4.42 Å². The smallest absolute Gasteiger partial charge is 0.118 e. The maximum Gasteiger partial charge on any atom is 0.118 e. The number of nitrogens with one attached hydrogen (secondary N) is 1. The van der Waals surface area contributed by atoms with E-state index in [0.29, 0.717) is 6.04 Å². The lowest BCUT2D eigenvalue weighted by Crippen LogP contribution is -2.34. The minimum atomic E-state index is 0.663. The molecule has 2 rings (SSSR count). The minimum absolute atomic E-state index is 0.663. The van der Waals surface area contributed by atoms with Crippen LogP contribution in [-0.2, 0) is 13.1 Å². The van der Waals surface area contributed by atoms with E-state index in [1.54, 1.807) is 0 Å². The van der Waals surface area contributed by atoms with Gasteiger partial charge in [0.05, 0.1) is 12.8 Å². The first-order valence-corrected chi connectivity index (χ1v) is 7.26. The third-order valence-corrected chi connectivity index (χ3v) is 3.98. The number of hydrogen-bond donors (Lipinski definition) is 1. The van der Waals surface area contributed by atoms with E-state index in [1.165, 1.54) is 5.56 Å². The molecule has 1 saturated heterocycles. The van der Waals surface area contributed by atoms with Gasteiger partial charge in [0.15, 0.2) is 0 Å². The molecule has 2 heterocycles. The lowest BCUT2D eigenvalue weighted by molar-refractivity contribution is 0.244. The zero-order chi connectivity index (χ0) is 13.8. The first-order chi connectivity index (χ1) is 9.10. The molecule has 0 aliphatic carbocycles. The molecule has 1 aromatic rings. The minimum Gasteiger partial charge on any atom is -0.468 e. The van der Waals surface area contributed by atoms with Crippen molar-refractivity contribution in [3.05, 3.63) is 23.7 Å². The van der Waals surface area contributed by atoms with E-state index in [1.807, 2.05) is 6.26 Å². The number of nitrogens with zero attached hydrogens (tertiary/aromatic N) is 2. The van der Waals surface area contributed by atoms with E-state index >= 15 is 0 Å². The van der Waals surface area contributed by atoms with Gasteiger partial charge in [0.1, 0.15) is 5.76 Å². The molecule has 2 atom stereocenters. The van der Waals surface area contributed by atoms with Crippen LogP contribution in [0, 0.1) is 5.92 Å². The van der Waals surface area contributed by atoms with Gasteiger partial charge < -0.3 is 14.6 Å². The maximum atomic E-state index is 5.66. The van der Waals surface area contributed by atoms with Crippen molar-refractivity contribution in [3.8, 4) is 0 Å². The SMILES string of the molecule is CCNCc1coc(CN2CC(C)C(N(C)C)C2)c1. The van der Waals surface area contributed by atoms with Crippen LogP contribution in [0.5, 0.6) is 0 Å². The highest BCUT2D eigenvalue weighted by atomic mass is 16.3. The monoisotopic (exact) mass is 265 g/mol. The van der Waals surface area contributed by atoms with Crippen LogP contribution in [0.1, 0.15) is 25.2 Å². The summed E-state index contributed by atoms with van der Waals surface area (Å²) >= 11 is 0. The summed E-state index contributed by atoms with van der Waals surface area (Å²) in [5.74, 6) is 1.81. The van der Waals surface area contributed by atoms with Crippen molar-refractivity contribution in [3.63, 3.8) is 0 Å². The van der Waals surface area contributed by atoms with Gasteiger partial charge >= 0.3 is 0 Å². The Bertz CT molecular complexity index is 388. The zero-order valence-corrected chi connectivity index (χ0v) is 12.6. The molecule has 0 amide bonds. The molecular formula is C15H27N3O. The van der Waals surface area contributed by atoms with Gasteiger partial charge in [-0.1, -0.05) is 13.8 Å². The number of rotatable bonds is 6. The van der Waals surface area contributed by atoms with Crippen molar-refractivity contribution in [2.75, 3.05) is 33.7 Å². The normalized spacial score (nSPS) is 24.5. The summed E-state index contributed by atoms with van der Waals surface area (Å²) in [5.41, 5.74) is 1.24. The van der Waals surface area contributed by atoms with Crippen molar-refractivity contribution in [1.82, 2.24) is 15.1 Å². The van der Waals surface area contributed by atoms with Crippen LogP contribution >= 0.6 is 0 Å². The molecule has 1 aliphatic heterocycles. The Hall–Kier alpha value is -0.840. The summed E-state index contributed by atoms with van der Waals surface area (Å²) in [6, 6.07) is 2.84. The number of likely N-dealkylation sites (N-methyl/N-ethyl adjacent to an activating group) is 1. The van der Waals surface area contributed by atoms with Gasteiger partial charge in [0.25, 0.3) is 0 Å². The predicted octanol–water partition coefficient (Wildman–Crippen LogP) is 1.77. The van der Waals surface area contributed by atoms with Crippen LogP contribution in [0.4, 0.5) is 0 Å². The molecule has 1 N–H and O–H groups in total. The number of likely N-dealkylation sites (tertiary alicyclic amines) is 1. The van der Waals surface area contributed by atoms with E-state index in [9.17, 15) is 0 Å². The van der Waals surface area contributed by atoms with Gasteiger partial charge in [0.2, 0.25) is 0 Å². The fourth-order valence-corrected chi connectivity index (χ4v) is 2.94. The summed E-state index contributed by atoms with van der Waals surface area (Å²) < 4.78 is 5.66. The molecule has 0 aromatic carbocycles. The molecule has 0 radical (unpaired) electrons. The van der Waals surface area contributed by atoms with Crippen molar-refractivity contribution in [2.24, 2.45) is 5.92 Å². The van der Waals surface area contributed by atoms with Crippen LogP contribution in [0.3, 0.4) is 0 Å². The van der Waals surface area contributed by atoms with Crippen molar-refractivity contribution in [1.29, 1.82) is 0 Å². The second-order valence-corrected chi connectivity index (χ2v) is 5.90. The Morgan fingerprint density at radius 2 is 2.21 bits per heavy atom. The topological polar surface area (TPSA) is 31.7 Å². The van der Waals surface area contributed by atoms with E-state index in [2.05, 4.69) is 49.1 Å². The molecule has 1 fully saturated rings. The van der Waals surface area contributed by atoms with Gasteiger partial charge in [0, 0.05) is 31.2 Å². The molecule has 0 bridgehead atoms. The van der Waals surface area contributed by atoms with Crippen LogP contribution in [0.25, 0.3) is 0 Å². The van der Waals surface area contributed by atoms with Crippen LogP contribution in [0.15, 0.2) is 16.7 Å². The average Bonchev–Trinajstić information content (AvgIpc) is 2.94. The standard InChI is InChI=1S/C15H27N3O/c1-5-16-7-13-6-14(19-11-13)9-18-8-12(2)15(10-18)17(3)4/h6,11-12,15-16H,5,7-10H2,1-4H3. The quantitative estimate of drug-likeness (QED) is 0.849. The molecule has 0 spiro atoms. The largest absolute Gasteiger partial charge is 0.468 e. The molecule has 1 aliphatic rings. The highest BCUT2D eigenvalue weighted by molar-refractivity contribution is 5.13. The molecule has 0 saturated carbocycles. The molecule has 19 heavy (non-hydrogen) atoms. The average molecular weight is 265 g/mol.